The average molecular weight is 519 g/mol. The van der Waals surface area contributed by atoms with Gasteiger partial charge < -0.3 is 14.4 Å². The molecule has 0 aromatic heterocycles. The van der Waals surface area contributed by atoms with Gasteiger partial charge in [0.25, 0.3) is 0 Å². The molecular formula is C28H42N2O5S. The molecule has 1 aromatic rings. The smallest absolute Gasteiger partial charge is 0.410 e. The fourth-order valence-electron chi connectivity index (χ4n) is 5.47. The summed E-state index contributed by atoms with van der Waals surface area (Å²) in [6, 6.07) is 10.0. The SMILES string of the molecule is C=CCC1(NS(=O)(=O)C=C)CCCN(C(=O)OC(C)(C)C)C1COC1CCC(c2ccccc2)CC1. The van der Waals surface area contributed by atoms with Gasteiger partial charge in [0.1, 0.15) is 5.60 Å². The minimum atomic E-state index is -3.77. The highest BCUT2D eigenvalue weighted by molar-refractivity contribution is 7.92. The highest BCUT2D eigenvalue weighted by atomic mass is 32.2. The molecule has 200 valence electrons. The van der Waals surface area contributed by atoms with Gasteiger partial charge in [-0.1, -0.05) is 43.0 Å². The van der Waals surface area contributed by atoms with E-state index in [-0.39, 0.29) is 12.7 Å². The Morgan fingerprint density at radius 2 is 1.83 bits per heavy atom. The van der Waals surface area contributed by atoms with Crippen LogP contribution in [-0.2, 0) is 19.5 Å². The van der Waals surface area contributed by atoms with Gasteiger partial charge in [0, 0.05) is 12.0 Å². The van der Waals surface area contributed by atoms with E-state index in [2.05, 4.69) is 42.1 Å². The second-order valence-corrected chi connectivity index (χ2v) is 12.6. The summed E-state index contributed by atoms with van der Waals surface area (Å²) in [5.41, 5.74) is -0.258. The number of carbonyl (C=O) groups is 1. The molecular weight excluding hydrogens is 476 g/mol. The maximum Gasteiger partial charge on any atom is 0.410 e. The molecule has 2 aliphatic rings. The number of sulfonamides is 1. The minimum absolute atomic E-state index is 0.0600. The zero-order chi connectivity index (χ0) is 26.4. The van der Waals surface area contributed by atoms with Gasteiger partial charge in [0.15, 0.2) is 0 Å². The summed E-state index contributed by atoms with van der Waals surface area (Å²) < 4.78 is 40.2. The van der Waals surface area contributed by atoms with Crippen molar-refractivity contribution in [3.05, 3.63) is 60.5 Å². The van der Waals surface area contributed by atoms with Gasteiger partial charge in [-0.25, -0.2) is 17.9 Å². The normalized spacial score (nSPS) is 27.3. The number of hydrogen-bond acceptors (Lipinski definition) is 5. The fourth-order valence-corrected chi connectivity index (χ4v) is 6.44. The number of hydrogen-bond donors (Lipinski definition) is 1. The van der Waals surface area contributed by atoms with Crippen molar-refractivity contribution >= 4 is 16.1 Å². The molecule has 1 N–H and O–H groups in total. The fraction of sp³-hybridized carbons (Fsp3) is 0.607. The number of amides is 1. The number of ether oxygens (including phenoxy) is 2. The first kappa shape index (κ1) is 28.4. The topological polar surface area (TPSA) is 84.9 Å². The minimum Gasteiger partial charge on any atom is -0.444 e. The number of carbonyl (C=O) groups excluding carboxylic acids is 1. The standard InChI is InChI=1S/C28H42N2O5S/c1-6-18-28(29-36(32,33)7-2)19-11-20-30(26(31)35-27(3,4)5)25(28)21-34-24-16-14-23(15-17-24)22-12-9-8-10-13-22/h6-10,12-13,23-25,29H,1-2,11,14-21H2,3-5H3. The van der Waals surface area contributed by atoms with E-state index in [9.17, 15) is 13.2 Å². The summed E-state index contributed by atoms with van der Waals surface area (Å²) in [5.74, 6) is 0.526. The van der Waals surface area contributed by atoms with Crippen molar-refractivity contribution in [2.45, 2.75) is 94.9 Å². The van der Waals surface area contributed by atoms with Crippen LogP contribution in [0.3, 0.4) is 0 Å². The predicted octanol–water partition coefficient (Wildman–Crippen LogP) is 5.51. The quantitative estimate of drug-likeness (QED) is 0.436. The average Bonchev–Trinajstić information content (AvgIpc) is 2.83. The van der Waals surface area contributed by atoms with Crippen molar-refractivity contribution in [1.29, 1.82) is 0 Å². The molecule has 1 heterocycles. The Morgan fingerprint density at radius 3 is 2.42 bits per heavy atom. The van der Waals surface area contributed by atoms with E-state index in [0.29, 0.717) is 31.7 Å². The molecule has 2 fully saturated rings. The lowest BCUT2D eigenvalue weighted by molar-refractivity contribution is -0.0561. The molecule has 1 aliphatic heterocycles. The number of nitrogens with one attached hydrogen (secondary N) is 1. The third-order valence-electron chi connectivity index (χ3n) is 7.17. The maximum absolute atomic E-state index is 13.2. The van der Waals surface area contributed by atoms with Crippen LogP contribution < -0.4 is 4.72 Å². The zero-order valence-electron chi connectivity index (χ0n) is 21.9. The highest BCUT2D eigenvalue weighted by Gasteiger charge is 2.49. The molecule has 1 amide bonds. The molecule has 1 aromatic carbocycles. The van der Waals surface area contributed by atoms with Gasteiger partial charge in [-0.3, -0.25) is 0 Å². The van der Waals surface area contributed by atoms with Crippen LogP contribution in [0.5, 0.6) is 0 Å². The lowest BCUT2D eigenvalue weighted by Gasteiger charge is -2.49. The Labute approximate surface area is 217 Å². The van der Waals surface area contributed by atoms with Crippen LogP contribution >= 0.6 is 0 Å². The summed E-state index contributed by atoms with van der Waals surface area (Å²) in [5, 5.41) is 0.910. The van der Waals surface area contributed by atoms with Gasteiger partial charge in [0.2, 0.25) is 10.0 Å². The van der Waals surface area contributed by atoms with Gasteiger partial charge >= 0.3 is 6.09 Å². The molecule has 1 aliphatic carbocycles. The molecule has 8 heteroatoms. The molecule has 1 saturated heterocycles. The van der Waals surface area contributed by atoms with Gasteiger partial charge in [-0.15, -0.1) is 6.58 Å². The predicted molar refractivity (Wildman–Crippen MR) is 143 cm³/mol. The number of piperidine rings is 1. The van der Waals surface area contributed by atoms with Crippen LogP contribution in [0.25, 0.3) is 0 Å². The van der Waals surface area contributed by atoms with E-state index < -0.39 is 33.3 Å². The number of likely N-dealkylation sites (tertiary alicyclic amines) is 1. The zero-order valence-corrected chi connectivity index (χ0v) is 22.8. The summed E-state index contributed by atoms with van der Waals surface area (Å²) in [6.45, 7) is 13.5. The summed E-state index contributed by atoms with van der Waals surface area (Å²) in [4.78, 5) is 14.9. The molecule has 2 unspecified atom stereocenters. The molecule has 1 saturated carbocycles. The first-order valence-electron chi connectivity index (χ1n) is 12.9. The van der Waals surface area contributed by atoms with E-state index in [0.717, 1.165) is 31.1 Å². The van der Waals surface area contributed by atoms with E-state index in [1.807, 2.05) is 26.8 Å². The molecule has 36 heavy (non-hydrogen) atoms. The summed E-state index contributed by atoms with van der Waals surface area (Å²) in [7, 11) is -3.77. The van der Waals surface area contributed by atoms with Crippen molar-refractivity contribution in [2.75, 3.05) is 13.2 Å². The Bertz CT molecular complexity index is 997. The Hall–Kier alpha value is -2.16. The Kier molecular flexibility index (Phi) is 9.41. The molecule has 0 bridgehead atoms. The Balaban J connectivity index is 1.79. The van der Waals surface area contributed by atoms with Crippen LogP contribution in [0, 0.1) is 0 Å². The largest absolute Gasteiger partial charge is 0.444 e. The van der Waals surface area contributed by atoms with Crippen LogP contribution in [-0.4, -0.2) is 55.8 Å². The third kappa shape index (κ3) is 7.43. The molecule has 3 rings (SSSR count). The number of rotatable bonds is 9. The van der Waals surface area contributed by atoms with E-state index in [4.69, 9.17) is 9.47 Å². The third-order valence-corrected chi connectivity index (χ3v) is 8.30. The lowest BCUT2D eigenvalue weighted by atomic mass is 9.79. The van der Waals surface area contributed by atoms with Crippen LogP contribution in [0.2, 0.25) is 0 Å². The second-order valence-electron chi connectivity index (χ2n) is 11.0. The maximum atomic E-state index is 13.2. The van der Waals surface area contributed by atoms with Gasteiger partial charge in [-0.2, -0.15) is 0 Å². The number of benzene rings is 1. The highest BCUT2D eigenvalue weighted by Crippen LogP contribution is 2.37. The molecule has 2 atom stereocenters. The molecule has 0 radical (unpaired) electrons. The number of nitrogens with zero attached hydrogens (tertiary/aromatic N) is 1. The van der Waals surface area contributed by atoms with E-state index >= 15 is 0 Å². The van der Waals surface area contributed by atoms with Crippen LogP contribution in [0.1, 0.15) is 77.2 Å². The van der Waals surface area contributed by atoms with E-state index in [1.165, 1.54) is 5.56 Å². The van der Waals surface area contributed by atoms with Gasteiger partial charge in [-0.05, 0) is 77.2 Å². The Morgan fingerprint density at radius 1 is 1.17 bits per heavy atom. The van der Waals surface area contributed by atoms with Crippen molar-refractivity contribution < 1.29 is 22.7 Å². The molecule has 0 spiro atoms. The van der Waals surface area contributed by atoms with Gasteiger partial charge in [0.05, 0.1) is 24.3 Å². The molecule has 7 nitrogen and oxygen atoms in total. The second kappa shape index (κ2) is 11.9. The monoisotopic (exact) mass is 518 g/mol. The van der Waals surface area contributed by atoms with Crippen molar-refractivity contribution in [2.24, 2.45) is 0 Å². The van der Waals surface area contributed by atoms with Crippen molar-refractivity contribution in [1.82, 2.24) is 9.62 Å². The first-order valence-corrected chi connectivity index (χ1v) is 14.5. The van der Waals surface area contributed by atoms with E-state index in [1.54, 1.807) is 11.0 Å². The first-order chi connectivity index (χ1) is 17.0. The van der Waals surface area contributed by atoms with Crippen molar-refractivity contribution in [3.8, 4) is 0 Å². The van der Waals surface area contributed by atoms with Crippen LogP contribution in [0.4, 0.5) is 4.79 Å². The van der Waals surface area contributed by atoms with Crippen LogP contribution in [0.15, 0.2) is 55.0 Å². The lowest BCUT2D eigenvalue weighted by Crippen LogP contribution is -2.67. The van der Waals surface area contributed by atoms with Crippen molar-refractivity contribution in [3.63, 3.8) is 0 Å². The summed E-state index contributed by atoms with van der Waals surface area (Å²) >= 11 is 0. The summed E-state index contributed by atoms with van der Waals surface area (Å²) in [6.07, 6.45) is 6.75.